The number of anilines is 1. The molecule has 1 N–H and O–H groups in total. The minimum absolute atomic E-state index is 0.226. The maximum absolute atomic E-state index is 12.2. The minimum atomic E-state index is -0.517. The highest BCUT2D eigenvalue weighted by atomic mass is 35.5. The first kappa shape index (κ1) is 15.1. The van der Waals surface area contributed by atoms with E-state index in [0.29, 0.717) is 11.3 Å². The number of amides is 1. The molecule has 1 amide bonds. The summed E-state index contributed by atoms with van der Waals surface area (Å²) in [7, 11) is 1.28. The number of halogens is 1. The first-order valence-corrected chi connectivity index (χ1v) is 6.65. The van der Waals surface area contributed by atoms with Crippen LogP contribution in [0.5, 0.6) is 0 Å². The molecular formula is C16H14ClNO3. The molecule has 0 heterocycles. The highest BCUT2D eigenvalue weighted by Gasteiger charge is 2.13. The SMILES string of the molecule is COC(=O)c1ccc(NC(=O)c2ccccc2C)cc1Cl. The van der Waals surface area contributed by atoms with E-state index in [-0.39, 0.29) is 16.5 Å². The third-order valence-corrected chi connectivity index (χ3v) is 3.33. The quantitative estimate of drug-likeness (QED) is 0.880. The first-order chi connectivity index (χ1) is 10.0. The van der Waals surface area contributed by atoms with Crippen LogP contribution in [0.2, 0.25) is 5.02 Å². The van der Waals surface area contributed by atoms with Crippen molar-refractivity contribution in [2.75, 3.05) is 12.4 Å². The lowest BCUT2D eigenvalue weighted by atomic mass is 10.1. The zero-order chi connectivity index (χ0) is 15.4. The molecule has 2 rings (SSSR count). The second-order valence-corrected chi connectivity index (χ2v) is 4.86. The number of carbonyl (C=O) groups is 2. The van der Waals surface area contributed by atoms with Crippen LogP contribution in [0.25, 0.3) is 0 Å². The van der Waals surface area contributed by atoms with Crippen LogP contribution in [0.3, 0.4) is 0 Å². The van der Waals surface area contributed by atoms with Crippen molar-refractivity contribution >= 4 is 29.2 Å². The lowest BCUT2D eigenvalue weighted by Crippen LogP contribution is -2.13. The van der Waals surface area contributed by atoms with Crippen molar-refractivity contribution in [3.63, 3.8) is 0 Å². The Morgan fingerprint density at radius 3 is 2.43 bits per heavy atom. The molecule has 5 heteroatoms. The topological polar surface area (TPSA) is 55.4 Å². The summed E-state index contributed by atoms with van der Waals surface area (Å²) in [5.41, 5.74) is 2.24. The van der Waals surface area contributed by atoms with Gasteiger partial charge in [-0.05, 0) is 36.8 Å². The molecule has 0 bridgehead atoms. The van der Waals surface area contributed by atoms with E-state index in [1.54, 1.807) is 18.2 Å². The molecule has 0 aliphatic heterocycles. The number of hydrogen-bond donors (Lipinski definition) is 1. The summed E-state index contributed by atoms with van der Waals surface area (Å²) in [6.07, 6.45) is 0. The van der Waals surface area contributed by atoms with Crippen molar-refractivity contribution in [2.24, 2.45) is 0 Å². The number of ether oxygens (including phenoxy) is 1. The average Bonchev–Trinajstić information content (AvgIpc) is 2.47. The Morgan fingerprint density at radius 2 is 1.81 bits per heavy atom. The summed E-state index contributed by atoms with van der Waals surface area (Å²) in [4.78, 5) is 23.6. The second kappa shape index (κ2) is 6.41. The van der Waals surface area contributed by atoms with E-state index in [9.17, 15) is 9.59 Å². The molecule has 0 aliphatic rings. The molecule has 4 nitrogen and oxygen atoms in total. The van der Waals surface area contributed by atoms with Gasteiger partial charge < -0.3 is 10.1 Å². The molecule has 0 fully saturated rings. The van der Waals surface area contributed by atoms with Crippen LogP contribution in [0, 0.1) is 6.92 Å². The number of benzene rings is 2. The number of methoxy groups -OCH3 is 1. The maximum Gasteiger partial charge on any atom is 0.339 e. The van der Waals surface area contributed by atoms with Gasteiger partial charge in [0, 0.05) is 11.3 Å². The van der Waals surface area contributed by atoms with Gasteiger partial charge in [0.05, 0.1) is 17.7 Å². The Hall–Kier alpha value is -2.33. The summed E-state index contributed by atoms with van der Waals surface area (Å²) in [5.74, 6) is -0.744. The van der Waals surface area contributed by atoms with E-state index in [4.69, 9.17) is 11.6 Å². The van der Waals surface area contributed by atoms with Gasteiger partial charge in [-0.15, -0.1) is 0 Å². The average molecular weight is 304 g/mol. The Labute approximate surface area is 127 Å². The van der Waals surface area contributed by atoms with Crippen LogP contribution in [-0.2, 0) is 4.74 Å². The van der Waals surface area contributed by atoms with E-state index in [1.807, 2.05) is 19.1 Å². The fourth-order valence-corrected chi connectivity index (χ4v) is 2.15. The largest absolute Gasteiger partial charge is 0.465 e. The number of nitrogens with one attached hydrogen (secondary N) is 1. The maximum atomic E-state index is 12.2. The van der Waals surface area contributed by atoms with Crippen LogP contribution in [-0.4, -0.2) is 19.0 Å². The Morgan fingerprint density at radius 1 is 1.10 bits per heavy atom. The Balaban J connectivity index is 2.21. The predicted molar refractivity (Wildman–Crippen MR) is 81.9 cm³/mol. The lowest BCUT2D eigenvalue weighted by molar-refractivity contribution is 0.0601. The monoisotopic (exact) mass is 303 g/mol. The predicted octanol–water partition coefficient (Wildman–Crippen LogP) is 3.69. The van der Waals surface area contributed by atoms with Gasteiger partial charge in [-0.1, -0.05) is 29.8 Å². The number of rotatable bonds is 3. The third kappa shape index (κ3) is 3.41. The van der Waals surface area contributed by atoms with Gasteiger partial charge in [-0.25, -0.2) is 4.79 Å². The lowest BCUT2D eigenvalue weighted by Gasteiger charge is -2.09. The summed E-state index contributed by atoms with van der Waals surface area (Å²) < 4.78 is 4.61. The van der Waals surface area contributed by atoms with E-state index in [1.165, 1.54) is 19.2 Å². The number of esters is 1. The van der Waals surface area contributed by atoms with Gasteiger partial charge in [0.15, 0.2) is 0 Å². The number of aryl methyl sites for hydroxylation is 1. The standard InChI is InChI=1S/C16H14ClNO3/c1-10-5-3-4-6-12(10)15(19)18-11-7-8-13(14(17)9-11)16(20)21-2/h3-9H,1-2H3,(H,18,19). The highest BCUT2D eigenvalue weighted by Crippen LogP contribution is 2.22. The molecule has 108 valence electrons. The third-order valence-electron chi connectivity index (χ3n) is 3.02. The van der Waals surface area contributed by atoms with Gasteiger partial charge in [-0.3, -0.25) is 4.79 Å². The van der Waals surface area contributed by atoms with Gasteiger partial charge in [0.1, 0.15) is 0 Å². The Kier molecular flexibility index (Phi) is 4.60. The van der Waals surface area contributed by atoms with E-state index >= 15 is 0 Å². The van der Waals surface area contributed by atoms with Crippen molar-refractivity contribution in [1.29, 1.82) is 0 Å². The molecule has 2 aromatic carbocycles. The van der Waals surface area contributed by atoms with Crippen molar-refractivity contribution in [2.45, 2.75) is 6.92 Å². The summed E-state index contributed by atoms with van der Waals surface area (Å²) in [6, 6.07) is 11.9. The molecule has 0 saturated heterocycles. The number of hydrogen-bond acceptors (Lipinski definition) is 3. The summed E-state index contributed by atoms with van der Waals surface area (Å²) in [6.45, 7) is 1.86. The van der Waals surface area contributed by atoms with Crippen molar-refractivity contribution in [3.05, 3.63) is 64.2 Å². The van der Waals surface area contributed by atoms with Gasteiger partial charge in [0.25, 0.3) is 5.91 Å². The van der Waals surface area contributed by atoms with Crippen LogP contribution < -0.4 is 5.32 Å². The zero-order valence-corrected chi connectivity index (χ0v) is 12.4. The molecule has 0 radical (unpaired) electrons. The van der Waals surface area contributed by atoms with Crippen molar-refractivity contribution < 1.29 is 14.3 Å². The molecule has 2 aromatic rings. The fraction of sp³-hybridized carbons (Fsp3) is 0.125. The summed E-state index contributed by atoms with van der Waals surface area (Å²) in [5, 5.41) is 2.97. The van der Waals surface area contributed by atoms with Gasteiger partial charge in [0.2, 0.25) is 0 Å². The van der Waals surface area contributed by atoms with E-state index in [2.05, 4.69) is 10.1 Å². The zero-order valence-electron chi connectivity index (χ0n) is 11.6. The molecule has 0 saturated carbocycles. The first-order valence-electron chi connectivity index (χ1n) is 6.27. The van der Waals surface area contributed by atoms with Crippen LogP contribution >= 0.6 is 11.6 Å². The van der Waals surface area contributed by atoms with Crippen LogP contribution in [0.15, 0.2) is 42.5 Å². The minimum Gasteiger partial charge on any atom is -0.465 e. The van der Waals surface area contributed by atoms with Gasteiger partial charge >= 0.3 is 5.97 Å². The molecule has 0 aromatic heterocycles. The summed E-state index contributed by atoms with van der Waals surface area (Å²) >= 11 is 6.01. The van der Waals surface area contributed by atoms with Crippen LogP contribution in [0.1, 0.15) is 26.3 Å². The highest BCUT2D eigenvalue weighted by molar-refractivity contribution is 6.34. The smallest absolute Gasteiger partial charge is 0.339 e. The molecule has 0 atom stereocenters. The molecule has 21 heavy (non-hydrogen) atoms. The normalized spacial score (nSPS) is 10.0. The van der Waals surface area contributed by atoms with E-state index < -0.39 is 5.97 Å². The second-order valence-electron chi connectivity index (χ2n) is 4.46. The fourth-order valence-electron chi connectivity index (χ4n) is 1.89. The van der Waals surface area contributed by atoms with Crippen LogP contribution in [0.4, 0.5) is 5.69 Å². The molecule has 0 aliphatic carbocycles. The van der Waals surface area contributed by atoms with E-state index in [0.717, 1.165) is 5.56 Å². The van der Waals surface area contributed by atoms with Crippen molar-refractivity contribution in [3.8, 4) is 0 Å². The molecular weight excluding hydrogens is 290 g/mol. The van der Waals surface area contributed by atoms with Crippen molar-refractivity contribution in [1.82, 2.24) is 0 Å². The van der Waals surface area contributed by atoms with Gasteiger partial charge in [-0.2, -0.15) is 0 Å². The molecule has 0 unspecified atom stereocenters. The molecule has 0 spiro atoms. The number of carbonyl (C=O) groups excluding carboxylic acids is 2. The Bertz CT molecular complexity index is 698.